The minimum absolute atomic E-state index is 0.0000198. The van der Waals surface area contributed by atoms with Crippen molar-refractivity contribution in [3.05, 3.63) is 41.5 Å². The third kappa shape index (κ3) is 2.24. The van der Waals surface area contributed by atoms with Gasteiger partial charge >= 0.3 is 0 Å². The highest BCUT2D eigenvalue weighted by molar-refractivity contribution is 5.51. The summed E-state index contributed by atoms with van der Waals surface area (Å²) in [5.74, 6) is -0.399. The molecule has 1 aliphatic rings. The van der Waals surface area contributed by atoms with Gasteiger partial charge in [0.05, 0.1) is 6.54 Å². The Morgan fingerprint density at radius 2 is 1.95 bits per heavy atom. The molecule has 0 unspecified atom stereocenters. The molecule has 5 nitrogen and oxygen atoms in total. The molecule has 106 valence electrons. The Bertz CT molecular complexity index is 602. The quantitative estimate of drug-likeness (QED) is 0.913. The van der Waals surface area contributed by atoms with Crippen LogP contribution in [-0.2, 0) is 19.5 Å². The molecule has 0 amide bonds. The van der Waals surface area contributed by atoms with E-state index < -0.39 is 11.6 Å². The molecule has 2 N–H and O–H groups in total. The number of rotatable bonds is 3. The molecule has 0 saturated heterocycles. The number of nitrogens with two attached hydrogens (primary N) is 1. The van der Waals surface area contributed by atoms with Crippen LogP contribution >= 0.6 is 0 Å². The molecule has 0 fully saturated rings. The van der Waals surface area contributed by atoms with E-state index in [-0.39, 0.29) is 5.69 Å². The van der Waals surface area contributed by atoms with Gasteiger partial charge in [0.15, 0.2) is 5.82 Å². The van der Waals surface area contributed by atoms with Crippen LogP contribution in [0.25, 0.3) is 0 Å². The van der Waals surface area contributed by atoms with Crippen molar-refractivity contribution in [2.45, 2.75) is 19.5 Å². The average Bonchev–Trinajstić information content (AvgIpc) is 2.85. The number of hydrogen-bond acceptors (Lipinski definition) is 4. The summed E-state index contributed by atoms with van der Waals surface area (Å²) in [6, 6.07) is 2.70. The minimum Gasteiger partial charge on any atom is -0.357 e. The van der Waals surface area contributed by atoms with E-state index in [4.69, 9.17) is 5.73 Å². The van der Waals surface area contributed by atoms with Gasteiger partial charge in [-0.2, -0.15) is 0 Å². The number of halogens is 2. The van der Waals surface area contributed by atoms with E-state index in [2.05, 4.69) is 10.2 Å². The first kappa shape index (κ1) is 13.0. The largest absolute Gasteiger partial charge is 0.357 e. The van der Waals surface area contributed by atoms with Crippen molar-refractivity contribution in [2.24, 2.45) is 5.73 Å². The molecule has 20 heavy (non-hydrogen) atoms. The van der Waals surface area contributed by atoms with Crippen LogP contribution in [0.5, 0.6) is 0 Å². The lowest BCUT2D eigenvalue weighted by Crippen LogP contribution is -2.34. The summed E-state index contributed by atoms with van der Waals surface area (Å²) in [4.78, 5) is 1.65. The molecule has 7 heteroatoms. The molecule has 0 saturated carbocycles. The average molecular weight is 279 g/mol. The van der Waals surface area contributed by atoms with Crippen molar-refractivity contribution in [1.29, 1.82) is 0 Å². The van der Waals surface area contributed by atoms with E-state index in [0.717, 1.165) is 0 Å². The lowest BCUT2D eigenvalue weighted by Gasteiger charge is -2.29. The van der Waals surface area contributed by atoms with Crippen LogP contribution in [0.4, 0.5) is 14.5 Å². The van der Waals surface area contributed by atoms with Crippen LogP contribution in [0.15, 0.2) is 18.5 Å². The second-order valence-corrected chi connectivity index (χ2v) is 4.81. The summed E-state index contributed by atoms with van der Waals surface area (Å²) >= 11 is 0. The van der Waals surface area contributed by atoms with Crippen LogP contribution < -0.4 is 10.6 Å². The van der Waals surface area contributed by atoms with Gasteiger partial charge in [-0.1, -0.05) is 0 Å². The van der Waals surface area contributed by atoms with Gasteiger partial charge in [-0.05, 0) is 30.7 Å². The van der Waals surface area contributed by atoms with Gasteiger partial charge < -0.3 is 15.2 Å². The second-order valence-electron chi connectivity index (χ2n) is 4.81. The summed E-state index contributed by atoms with van der Waals surface area (Å²) in [5, 5.41) is 7.75. The molecule has 0 radical (unpaired) electrons. The first-order valence-corrected chi connectivity index (χ1v) is 6.48. The van der Waals surface area contributed by atoms with Crippen molar-refractivity contribution in [3.8, 4) is 0 Å². The fraction of sp³-hybridized carbons (Fsp3) is 0.385. The normalized spacial score (nSPS) is 14.4. The zero-order valence-electron chi connectivity index (χ0n) is 10.9. The summed E-state index contributed by atoms with van der Waals surface area (Å²) in [7, 11) is 0. The van der Waals surface area contributed by atoms with Gasteiger partial charge in [0.2, 0.25) is 0 Å². The smallest absolute Gasteiger partial charge is 0.152 e. The van der Waals surface area contributed by atoms with E-state index in [1.165, 1.54) is 12.1 Å². The maximum atomic E-state index is 14.2. The lowest BCUT2D eigenvalue weighted by molar-refractivity contribution is 0.521. The minimum atomic E-state index is -0.554. The van der Waals surface area contributed by atoms with E-state index in [0.29, 0.717) is 44.0 Å². The van der Waals surface area contributed by atoms with E-state index in [9.17, 15) is 8.78 Å². The molecule has 0 atom stereocenters. The molecule has 0 aliphatic carbocycles. The fourth-order valence-corrected chi connectivity index (χ4v) is 2.49. The lowest BCUT2D eigenvalue weighted by atomic mass is 10.1. The molecule has 1 aliphatic heterocycles. The van der Waals surface area contributed by atoms with Crippen LogP contribution in [0.3, 0.4) is 0 Å². The van der Waals surface area contributed by atoms with Gasteiger partial charge in [-0.25, -0.2) is 8.78 Å². The molecule has 0 bridgehead atoms. The van der Waals surface area contributed by atoms with Crippen LogP contribution in [0.2, 0.25) is 0 Å². The highest BCUT2D eigenvalue weighted by Crippen LogP contribution is 2.27. The Balaban J connectivity index is 1.91. The molecule has 2 aromatic rings. The van der Waals surface area contributed by atoms with Crippen LogP contribution in [0.1, 0.15) is 11.4 Å². The van der Waals surface area contributed by atoms with Crippen molar-refractivity contribution in [3.63, 3.8) is 0 Å². The molecule has 1 aromatic carbocycles. The van der Waals surface area contributed by atoms with Crippen LogP contribution in [0, 0.1) is 11.6 Å². The Morgan fingerprint density at radius 3 is 2.65 bits per heavy atom. The van der Waals surface area contributed by atoms with Gasteiger partial charge in [0.25, 0.3) is 0 Å². The fourth-order valence-electron chi connectivity index (χ4n) is 2.49. The molecule has 2 heterocycles. The van der Waals surface area contributed by atoms with Gasteiger partial charge in [-0.15, -0.1) is 10.2 Å². The van der Waals surface area contributed by atoms with E-state index >= 15 is 0 Å². The summed E-state index contributed by atoms with van der Waals surface area (Å²) < 4.78 is 30.2. The number of fused-ring (bicyclic) bond motifs is 1. The predicted molar refractivity (Wildman–Crippen MR) is 70.2 cm³/mol. The number of aromatic nitrogens is 3. The Labute approximate surface area is 115 Å². The summed E-state index contributed by atoms with van der Waals surface area (Å²) in [6.07, 6.45) is 2.09. The molecular weight excluding hydrogens is 264 g/mol. The first-order valence-electron chi connectivity index (χ1n) is 6.48. The third-order valence-corrected chi connectivity index (χ3v) is 3.46. The highest BCUT2D eigenvalue weighted by atomic mass is 19.1. The van der Waals surface area contributed by atoms with Crippen molar-refractivity contribution < 1.29 is 8.78 Å². The van der Waals surface area contributed by atoms with Gasteiger partial charge in [0, 0.05) is 13.1 Å². The summed E-state index contributed by atoms with van der Waals surface area (Å²) in [6.45, 7) is 1.86. The Kier molecular flexibility index (Phi) is 3.35. The predicted octanol–water partition coefficient (Wildman–Crippen LogP) is 1.08. The van der Waals surface area contributed by atoms with Gasteiger partial charge in [-0.3, -0.25) is 0 Å². The number of nitrogens with zero attached hydrogens (tertiary/aromatic N) is 4. The monoisotopic (exact) mass is 279 g/mol. The zero-order valence-corrected chi connectivity index (χ0v) is 10.9. The molecule has 3 rings (SSSR count). The molecule has 0 spiro atoms. The topological polar surface area (TPSA) is 60.0 Å². The first-order chi connectivity index (χ1) is 9.69. The maximum Gasteiger partial charge on any atom is 0.152 e. The van der Waals surface area contributed by atoms with Gasteiger partial charge in [0.1, 0.15) is 23.6 Å². The van der Waals surface area contributed by atoms with Crippen molar-refractivity contribution in [1.82, 2.24) is 14.8 Å². The highest BCUT2D eigenvalue weighted by Gasteiger charge is 2.23. The number of benzene rings is 1. The molecular formula is C13H15F2N5. The van der Waals surface area contributed by atoms with Crippen LogP contribution in [-0.4, -0.2) is 27.9 Å². The maximum absolute atomic E-state index is 14.2. The van der Waals surface area contributed by atoms with Crippen molar-refractivity contribution >= 4 is 5.69 Å². The van der Waals surface area contributed by atoms with E-state index in [1.807, 2.05) is 4.57 Å². The Hall–Kier alpha value is -2.02. The van der Waals surface area contributed by atoms with E-state index in [1.54, 1.807) is 11.2 Å². The standard InChI is InChI=1S/C13H15F2N5/c14-10-5-9(1-2-16)6-11(15)13(10)19-3-4-20-8-17-18-12(20)7-19/h5-6,8H,1-4,7,16H2. The third-order valence-electron chi connectivity index (χ3n) is 3.46. The molecule has 1 aromatic heterocycles. The zero-order chi connectivity index (χ0) is 14.1. The number of hydrogen-bond donors (Lipinski definition) is 1. The second kappa shape index (κ2) is 5.16. The summed E-state index contributed by atoms with van der Waals surface area (Å²) in [5.41, 5.74) is 5.98. The van der Waals surface area contributed by atoms with Crippen molar-refractivity contribution in [2.75, 3.05) is 18.0 Å². The number of anilines is 1. The SMILES string of the molecule is NCCc1cc(F)c(N2CCn3cnnc3C2)c(F)c1. The Morgan fingerprint density at radius 1 is 1.20 bits per heavy atom.